The number of nitrogens with zero attached hydrogens (tertiary/aromatic N) is 2. The van der Waals surface area contributed by atoms with Gasteiger partial charge in [-0.15, -0.1) is 0 Å². The van der Waals surface area contributed by atoms with Crippen molar-refractivity contribution in [3.05, 3.63) is 18.2 Å². The zero-order valence-electron chi connectivity index (χ0n) is 18.2. The summed E-state index contributed by atoms with van der Waals surface area (Å²) in [7, 11) is 0. The Morgan fingerprint density at radius 2 is 1.71 bits per heavy atom. The van der Waals surface area contributed by atoms with Crippen LogP contribution in [0.3, 0.4) is 0 Å². The third kappa shape index (κ3) is 10.9. The summed E-state index contributed by atoms with van der Waals surface area (Å²) in [6, 6.07) is -3.91. The predicted octanol–water partition coefficient (Wildman–Crippen LogP) is -4.02. The molecule has 12 N–H and O–H groups in total. The standard InChI is InChI=1S/C18H29N9O7/c19-10(4-9-6-22-8-25-9)15(32)27-12(5-13(28)29)17(34)26-11(2-1-3-23-18(20)21)16(33)24-7-14(30)31/h6,8,10-12H,1-5,7,19H2,(H,22,25)(H,24,33)(H,26,34)(H,27,32)(H,28,29)(H,30,31)(H4,20,21,23). The largest absolute Gasteiger partial charge is 0.481 e. The minimum atomic E-state index is -1.55. The van der Waals surface area contributed by atoms with E-state index >= 15 is 0 Å². The van der Waals surface area contributed by atoms with Crippen molar-refractivity contribution in [3.8, 4) is 0 Å². The van der Waals surface area contributed by atoms with E-state index in [1.54, 1.807) is 0 Å². The highest BCUT2D eigenvalue weighted by atomic mass is 16.4. The minimum absolute atomic E-state index is 0.00104. The van der Waals surface area contributed by atoms with Crippen LogP contribution in [0.5, 0.6) is 0 Å². The van der Waals surface area contributed by atoms with Crippen LogP contribution in [0.25, 0.3) is 0 Å². The maximum Gasteiger partial charge on any atom is 0.322 e. The zero-order chi connectivity index (χ0) is 25.7. The molecule has 3 amide bonds. The third-order valence-electron chi connectivity index (χ3n) is 4.34. The number of rotatable bonds is 15. The Bertz CT molecular complexity index is 884. The van der Waals surface area contributed by atoms with Crippen molar-refractivity contribution in [1.29, 1.82) is 0 Å². The second-order valence-electron chi connectivity index (χ2n) is 7.17. The maximum absolute atomic E-state index is 12.7. The second kappa shape index (κ2) is 14.0. The molecule has 1 heterocycles. The van der Waals surface area contributed by atoms with Gasteiger partial charge in [-0.25, -0.2) is 4.98 Å². The Hall–Kier alpha value is -4.21. The number of aliphatic imine (C=N–C) groups is 1. The molecule has 1 aromatic heterocycles. The molecule has 0 radical (unpaired) electrons. The maximum atomic E-state index is 12.7. The number of carbonyl (C=O) groups is 5. The molecule has 0 saturated heterocycles. The summed E-state index contributed by atoms with van der Waals surface area (Å²) in [6.07, 6.45) is 2.35. The van der Waals surface area contributed by atoms with Gasteiger partial charge in [0.05, 0.1) is 18.8 Å². The Morgan fingerprint density at radius 3 is 2.26 bits per heavy atom. The molecule has 0 spiro atoms. The van der Waals surface area contributed by atoms with E-state index in [0.717, 1.165) is 0 Å². The number of hydrogen-bond acceptors (Lipinski definition) is 8. The third-order valence-corrected chi connectivity index (χ3v) is 4.34. The number of amides is 3. The molecular formula is C18H29N9O7. The van der Waals surface area contributed by atoms with E-state index in [1.807, 2.05) is 0 Å². The van der Waals surface area contributed by atoms with Crippen molar-refractivity contribution >= 4 is 35.6 Å². The molecule has 16 heteroatoms. The first kappa shape index (κ1) is 27.8. The van der Waals surface area contributed by atoms with E-state index < -0.39 is 60.8 Å². The fourth-order valence-electron chi connectivity index (χ4n) is 2.72. The fourth-order valence-corrected chi connectivity index (χ4v) is 2.72. The first-order valence-electron chi connectivity index (χ1n) is 10.1. The Morgan fingerprint density at radius 1 is 1.03 bits per heavy atom. The van der Waals surface area contributed by atoms with Crippen molar-refractivity contribution in [3.63, 3.8) is 0 Å². The fraction of sp³-hybridized carbons (Fsp3) is 0.500. The average molecular weight is 483 g/mol. The summed E-state index contributed by atoms with van der Waals surface area (Å²) in [5.41, 5.74) is 16.8. The SMILES string of the molecule is NC(N)=NCCCC(NC(=O)C(CC(=O)O)NC(=O)C(N)Cc1cnc[nH]1)C(=O)NCC(=O)O. The lowest BCUT2D eigenvalue weighted by Crippen LogP contribution is -2.56. The number of H-pyrrole nitrogens is 1. The molecule has 0 saturated carbocycles. The van der Waals surface area contributed by atoms with Crippen LogP contribution < -0.4 is 33.2 Å². The lowest BCUT2D eigenvalue weighted by Gasteiger charge is -2.23. The molecule has 1 aromatic rings. The molecule has 0 aliphatic carbocycles. The number of carbonyl (C=O) groups excluding carboxylic acids is 3. The van der Waals surface area contributed by atoms with Gasteiger partial charge in [0, 0.05) is 24.9 Å². The van der Waals surface area contributed by atoms with E-state index in [9.17, 15) is 24.0 Å². The van der Waals surface area contributed by atoms with Crippen LogP contribution in [-0.4, -0.2) is 87.0 Å². The topological polar surface area (TPSA) is 281 Å². The van der Waals surface area contributed by atoms with Crippen LogP contribution in [0, 0.1) is 0 Å². The Labute approximate surface area is 193 Å². The molecular weight excluding hydrogens is 454 g/mol. The highest BCUT2D eigenvalue weighted by molar-refractivity contribution is 5.95. The number of guanidine groups is 1. The number of imidazole rings is 1. The van der Waals surface area contributed by atoms with Gasteiger partial charge in [-0.3, -0.25) is 29.0 Å². The van der Waals surface area contributed by atoms with Crippen LogP contribution in [-0.2, 0) is 30.4 Å². The van der Waals surface area contributed by atoms with Gasteiger partial charge in [0.1, 0.15) is 18.6 Å². The Kier molecular flexibility index (Phi) is 11.5. The number of nitrogens with two attached hydrogens (primary N) is 3. The Balaban J connectivity index is 2.87. The van der Waals surface area contributed by atoms with Gasteiger partial charge in [-0.05, 0) is 12.8 Å². The number of aromatic amines is 1. The van der Waals surface area contributed by atoms with Gasteiger partial charge in [-0.2, -0.15) is 0 Å². The first-order chi connectivity index (χ1) is 16.0. The smallest absolute Gasteiger partial charge is 0.322 e. The molecule has 1 rings (SSSR count). The van der Waals surface area contributed by atoms with Gasteiger partial charge in [0.2, 0.25) is 17.7 Å². The molecule has 0 fully saturated rings. The van der Waals surface area contributed by atoms with Gasteiger partial charge in [-0.1, -0.05) is 0 Å². The molecule has 0 aromatic carbocycles. The summed E-state index contributed by atoms with van der Waals surface area (Å²) in [6.45, 7) is -0.574. The number of nitrogens with one attached hydrogen (secondary N) is 4. The molecule has 188 valence electrons. The molecule has 3 atom stereocenters. The van der Waals surface area contributed by atoms with Gasteiger partial charge < -0.3 is 48.3 Å². The van der Waals surface area contributed by atoms with Crippen LogP contribution >= 0.6 is 0 Å². The van der Waals surface area contributed by atoms with E-state index in [2.05, 4.69) is 30.9 Å². The lowest BCUT2D eigenvalue weighted by molar-refractivity contribution is -0.141. The molecule has 0 bridgehead atoms. The van der Waals surface area contributed by atoms with E-state index in [0.29, 0.717) is 5.69 Å². The van der Waals surface area contributed by atoms with E-state index in [-0.39, 0.29) is 31.8 Å². The zero-order valence-corrected chi connectivity index (χ0v) is 18.2. The van der Waals surface area contributed by atoms with E-state index in [1.165, 1.54) is 12.5 Å². The van der Waals surface area contributed by atoms with Crippen molar-refractivity contribution in [2.75, 3.05) is 13.1 Å². The van der Waals surface area contributed by atoms with Crippen LogP contribution in [0.2, 0.25) is 0 Å². The molecule has 16 nitrogen and oxygen atoms in total. The van der Waals surface area contributed by atoms with Crippen molar-refractivity contribution < 1.29 is 34.2 Å². The normalized spacial score (nSPS) is 13.1. The number of carboxylic acid groups (broad SMARTS) is 2. The quantitative estimate of drug-likeness (QED) is 0.0657. The summed E-state index contributed by atoms with van der Waals surface area (Å²) < 4.78 is 0. The van der Waals surface area contributed by atoms with Gasteiger partial charge >= 0.3 is 11.9 Å². The van der Waals surface area contributed by atoms with Crippen molar-refractivity contribution in [2.24, 2.45) is 22.2 Å². The molecule has 0 aliphatic rings. The van der Waals surface area contributed by atoms with Crippen LogP contribution in [0.15, 0.2) is 17.5 Å². The van der Waals surface area contributed by atoms with Crippen LogP contribution in [0.1, 0.15) is 25.0 Å². The number of aromatic nitrogens is 2. The molecule has 0 aliphatic heterocycles. The summed E-state index contributed by atoms with van der Waals surface area (Å²) in [5, 5.41) is 24.6. The minimum Gasteiger partial charge on any atom is -0.481 e. The predicted molar refractivity (Wildman–Crippen MR) is 117 cm³/mol. The second-order valence-corrected chi connectivity index (χ2v) is 7.17. The first-order valence-corrected chi connectivity index (χ1v) is 10.1. The van der Waals surface area contributed by atoms with Crippen LogP contribution in [0.4, 0.5) is 0 Å². The summed E-state index contributed by atoms with van der Waals surface area (Å²) >= 11 is 0. The summed E-state index contributed by atoms with van der Waals surface area (Å²) in [4.78, 5) is 69.8. The number of aliphatic carboxylic acids is 2. The summed E-state index contributed by atoms with van der Waals surface area (Å²) in [5.74, 6) is -5.45. The highest BCUT2D eigenvalue weighted by Crippen LogP contribution is 2.03. The van der Waals surface area contributed by atoms with Gasteiger partial charge in [0.15, 0.2) is 5.96 Å². The van der Waals surface area contributed by atoms with Crippen molar-refractivity contribution in [1.82, 2.24) is 25.9 Å². The van der Waals surface area contributed by atoms with Gasteiger partial charge in [0.25, 0.3) is 0 Å². The molecule has 34 heavy (non-hydrogen) atoms. The van der Waals surface area contributed by atoms with Crippen molar-refractivity contribution in [2.45, 2.75) is 43.8 Å². The molecule has 3 unspecified atom stereocenters. The number of hydrogen-bond donors (Lipinski definition) is 9. The van der Waals surface area contributed by atoms with E-state index in [4.69, 9.17) is 27.4 Å². The number of carboxylic acids is 2. The highest BCUT2D eigenvalue weighted by Gasteiger charge is 2.30. The lowest BCUT2D eigenvalue weighted by atomic mass is 10.1. The average Bonchev–Trinajstić information content (AvgIpc) is 3.25. The monoisotopic (exact) mass is 483 g/mol.